The fourth-order valence-corrected chi connectivity index (χ4v) is 3.09. The summed E-state index contributed by atoms with van der Waals surface area (Å²) in [6.45, 7) is 7.29. The van der Waals surface area contributed by atoms with Crippen molar-refractivity contribution in [3.8, 4) is 0 Å². The normalized spacial score (nSPS) is 12.4. The van der Waals surface area contributed by atoms with Gasteiger partial charge >= 0.3 is 0 Å². The van der Waals surface area contributed by atoms with E-state index in [0.717, 1.165) is 18.5 Å². The first-order valence-corrected chi connectivity index (χ1v) is 8.01. The molecule has 2 rings (SSSR count). The van der Waals surface area contributed by atoms with Crippen molar-refractivity contribution in [2.45, 2.75) is 33.2 Å². The molecular formula is C18H21Cl2N. The molecule has 1 N–H and O–H groups in total. The molecule has 2 aromatic carbocycles. The monoisotopic (exact) mass is 321 g/mol. The lowest BCUT2D eigenvalue weighted by Crippen LogP contribution is -2.23. The van der Waals surface area contributed by atoms with Crippen LogP contribution in [0.15, 0.2) is 36.4 Å². The van der Waals surface area contributed by atoms with Crippen LogP contribution in [0.2, 0.25) is 10.0 Å². The topological polar surface area (TPSA) is 12.0 Å². The molecule has 0 radical (unpaired) electrons. The van der Waals surface area contributed by atoms with E-state index in [1.54, 1.807) is 0 Å². The largest absolute Gasteiger partial charge is 0.310 e. The molecule has 0 heterocycles. The van der Waals surface area contributed by atoms with Crippen LogP contribution in [0.4, 0.5) is 0 Å². The van der Waals surface area contributed by atoms with E-state index in [1.807, 2.05) is 18.2 Å². The van der Waals surface area contributed by atoms with Crippen molar-refractivity contribution in [2.24, 2.45) is 0 Å². The van der Waals surface area contributed by atoms with Gasteiger partial charge in [0.25, 0.3) is 0 Å². The molecule has 0 aliphatic heterocycles. The molecule has 0 aliphatic carbocycles. The molecule has 0 bridgehead atoms. The van der Waals surface area contributed by atoms with E-state index in [4.69, 9.17) is 23.2 Å². The van der Waals surface area contributed by atoms with Crippen molar-refractivity contribution < 1.29 is 0 Å². The highest BCUT2D eigenvalue weighted by Gasteiger charge is 2.15. The van der Waals surface area contributed by atoms with Gasteiger partial charge in [0.15, 0.2) is 0 Å². The average molecular weight is 322 g/mol. The van der Waals surface area contributed by atoms with Gasteiger partial charge in [-0.15, -0.1) is 0 Å². The van der Waals surface area contributed by atoms with Crippen LogP contribution in [0.3, 0.4) is 0 Å². The zero-order valence-electron chi connectivity index (χ0n) is 12.7. The van der Waals surface area contributed by atoms with Crippen molar-refractivity contribution in [2.75, 3.05) is 6.54 Å². The number of nitrogens with one attached hydrogen (secondary N) is 1. The Balaban J connectivity index is 2.32. The molecular weight excluding hydrogens is 301 g/mol. The Hall–Kier alpha value is -1.02. The first kappa shape index (κ1) is 16.4. The predicted octanol–water partition coefficient (Wildman–Crippen LogP) is 5.50. The third kappa shape index (κ3) is 4.23. The minimum Gasteiger partial charge on any atom is -0.310 e. The predicted molar refractivity (Wildman–Crippen MR) is 92.5 cm³/mol. The third-order valence-corrected chi connectivity index (χ3v) is 4.41. The molecule has 1 atom stereocenters. The fraction of sp³-hybridized carbons (Fsp3) is 0.333. The summed E-state index contributed by atoms with van der Waals surface area (Å²) in [5, 5.41) is 4.82. The lowest BCUT2D eigenvalue weighted by molar-refractivity contribution is 0.549. The van der Waals surface area contributed by atoms with Crippen molar-refractivity contribution in [1.29, 1.82) is 0 Å². The third-order valence-electron chi connectivity index (χ3n) is 3.55. The number of likely N-dealkylation sites (N-methyl/N-ethyl adjacent to an activating group) is 1. The highest BCUT2D eigenvalue weighted by Crippen LogP contribution is 2.29. The van der Waals surface area contributed by atoms with E-state index in [2.05, 4.69) is 44.3 Å². The van der Waals surface area contributed by atoms with Crippen LogP contribution in [0.1, 0.15) is 35.2 Å². The van der Waals surface area contributed by atoms with Crippen molar-refractivity contribution in [3.05, 3.63) is 68.7 Å². The van der Waals surface area contributed by atoms with Gasteiger partial charge in [-0.05, 0) is 44.0 Å². The van der Waals surface area contributed by atoms with E-state index < -0.39 is 0 Å². The molecule has 0 saturated heterocycles. The first-order chi connectivity index (χ1) is 10.0. The van der Waals surface area contributed by atoms with Crippen LogP contribution >= 0.6 is 23.2 Å². The summed E-state index contributed by atoms with van der Waals surface area (Å²) in [6, 6.07) is 12.7. The summed E-state index contributed by atoms with van der Waals surface area (Å²) in [7, 11) is 0. The second-order valence-corrected chi connectivity index (χ2v) is 6.23. The molecule has 112 valence electrons. The van der Waals surface area contributed by atoms with Gasteiger partial charge in [-0.3, -0.25) is 0 Å². The summed E-state index contributed by atoms with van der Waals surface area (Å²) in [5.74, 6) is 0. The Bertz CT molecular complexity index is 602. The lowest BCUT2D eigenvalue weighted by atomic mass is 9.96. The van der Waals surface area contributed by atoms with Gasteiger partial charge in [0.2, 0.25) is 0 Å². The summed E-state index contributed by atoms with van der Waals surface area (Å²) >= 11 is 12.4. The molecule has 2 aromatic rings. The Labute approximate surface area is 137 Å². The lowest BCUT2D eigenvalue weighted by Gasteiger charge is -2.20. The van der Waals surface area contributed by atoms with E-state index >= 15 is 0 Å². The molecule has 1 nitrogen and oxygen atoms in total. The van der Waals surface area contributed by atoms with Crippen LogP contribution in [-0.2, 0) is 6.42 Å². The maximum Gasteiger partial charge on any atom is 0.0624 e. The fourth-order valence-electron chi connectivity index (χ4n) is 2.69. The molecule has 0 saturated carbocycles. The second-order valence-electron chi connectivity index (χ2n) is 5.45. The number of hydrogen-bond acceptors (Lipinski definition) is 1. The number of halogens is 2. The Morgan fingerprint density at radius 2 is 1.71 bits per heavy atom. The minimum atomic E-state index is 0.240. The molecule has 21 heavy (non-hydrogen) atoms. The number of hydrogen-bond donors (Lipinski definition) is 1. The average Bonchev–Trinajstić information content (AvgIpc) is 2.42. The molecule has 0 amide bonds. The van der Waals surface area contributed by atoms with Gasteiger partial charge in [-0.2, -0.15) is 0 Å². The summed E-state index contributed by atoms with van der Waals surface area (Å²) in [4.78, 5) is 0. The van der Waals surface area contributed by atoms with Gasteiger partial charge in [0, 0.05) is 6.04 Å². The van der Waals surface area contributed by atoms with Crippen LogP contribution < -0.4 is 5.32 Å². The zero-order valence-corrected chi connectivity index (χ0v) is 14.2. The minimum absolute atomic E-state index is 0.240. The standard InChI is InChI=1S/C18H21Cl2N/c1-4-21-17(15-9-12(2)8-13(3)10-15)11-14-6-5-7-16(19)18(14)20/h5-10,17,21H,4,11H2,1-3H3. The van der Waals surface area contributed by atoms with Crippen LogP contribution in [-0.4, -0.2) is 6.54 Å². The molecule has 0 fully saturated rings. The highest BCUT2D eigenvalue weighted by atomic mass is 35.5. The number of benzene rings is 2. The van der Waals surface area contributed by atoms with Gasteiger partial charge in [-0.1, -0.05) is 71.6 Å². The molecule has 0 aromatic heterocycles. The molecule has 3 heteroatoms. The SMILES string of the molecule is CCNC(Cc1cccc(Cl)c1Cl)c1cc(C)cc(C)c1. The smallest absolute Gasteiger partial charge is 0.0624 e. The highest BCUT2D eigenvalue weighted by molar-refractivity contribution is 6.42. The zero-order chi connectivity index (χ0) is 15.4. The van der Waals surface area contributed by atoms with Gasteiger partial charge in [-0.25, -0.2) is 0 Å². The van der Waals surface area contributed by atoms with E-state index in [9.17, 15) is 0 Å². The summed E-state index contributed by atoms with van der Waals surface area (Å²) < 4.78 is 0. The van der Waals surface area contributed by atoms with Crippen LogP contribution in [0.25, 0.3) is 0 Å². The van der Waals surface area contributed by atoms with Crippen molar-refractivity contribution >= 4 is 23.2 Å². The van der Waals surface area contributed by atoms with Crippen LogP contribution in [0, 0.1) is 13.8 Å². The maximum atomic E-state index is 6.33. The molecule has 0 aliphatic rings. The molecule has 1 unspecified atom stereocenters. The van der Waals surface area contributed by atoms with E-state index in [0.29, 0.717) is 10.0 Å². The summed E-state index contributed by atoms with van der Waals surface area (Å²) in [6.07, 6.45) is 0.829. The maximum absolute atomic E-state index is 6.33. The van der Waals surface area contributed by atoms with Gasteiger partial charge in [0.1, 0.15) is 0 Å². The second kappa shape index (κ2) is 7.31. The van der Waals surface area contributed by atoms with Gasteiger partial charge < -0.3 is 5.32 Å². The number of aryl methyl sites for hydroxylation is 2. The van der Waals surface area contributed by atoms with Crippen molar-refractivity contribution in [1.82, 2.24) is 5.32 Å². The van der Waals surface area contributed by atoms with Crippen LogP contribution in [0.5, 0.6) is 0 Å². The first-order valence-electron chi connectivity index (χ1n) is 7.25. The van der Waals surface area contributed by atoms with Gasteiger partial charge in [0.05, 0.1) is 10.0 Å². The Morgan fingerprint density at radius 3 is 2.33 bits per heavy atom. The number of rotatable bonds is 5. The van der Waals surface area contributed by atoms with E-state index in [-0.39, 0.29) is 6.04 Å². The Kier molecular flexibility index (Phi) is 5.69. The summed E-state index contributed by atoms with van der Waals surface area (Å²) in [5.41, 5.74) is 4.94. The molecule has 0 spiro atoms. The Morgan fingerprint density at radius 1 is 1.05 bits per heavy atom. The van der Waals surface area contributed by atoms with Crippen molar-refractivity contribution in [3.63, 3.8) is 0 Å². The van der Waals surface area contributed by atoms with E-state index in [1.165, 1.54) is 16.7 Å². The quantitative estimate of drug-likeness (QED) is 0.766.